The van der Waals surface area contributed by atoms with Gasteiger partial charge in [0.15, 0.2) is 0 Å². The predicted molar refractivity (Wildman–Crippen MR) is 65.5 cm³/mol. The van der Waals surface area contributed by atoms with Crippen LogP contribution in [0.25, 0.3) is 0 Å². The summed E-state index contributed by atoms with van der Waals surface area (Å²) >= 11 is 0. The summed E-state index contributed by atoms with van der Waals surface area (Å²) in [5.74, 6) is 0.490. The molecule has 2 aliphatic heterocycles. The van der Waals surface area contributed by atoms with Gasteiger partial charge in [-0.3, -0.25) is 4.90 Å². The summed E-state index contributed by atoms with van der Waals surface area (Å²) in [4.78, 5) is 7.08. The van der Waals surface area contributed by atoms with E-state index >= 15 is 0 Å². The van der Waals surface area contributed by atoms with Crippen molar-refractivity contribution in [1.82, 2.24) is 14.7 Å². The highest BCUT2D eigenvalue weighted by Crippen LogP contribution is 2.19. The molecular formula is C12H25N3O. The van der Waals surface area contributed by atoms with Crippen molar-refractivity contribution in [2.45, 2.75) is 12.5 Å². The SMILES string of the molecule is CN1CCN(CC(O)C2CCN(C)C2)CC1. The van der Waals surface area contributed by atoms with Gasteiger partial charge in [0.25, 0.3) is 0 Å². The number of likely N-dealkylation sites (N-methyl/N-ethyl adjacent to an activating group) is 1. The molecule has 0 bridgehead atoms. The molecule has 0 saturated carbocycles. The van der Waals surface area contributed by atoms with E-state index in [0.717, 1.165) is 52.2 Å². The van der Waals surface area contributed by atoms with Crippen LogP contribution in [0.3, 0.4) is 0 Å². The van der Waals surface area contributed by atoms with Crippen molar-refractivity contribution in [3.8, 4) is 0 Å². The molecule has 1 N–H and O–H groups in total. The number of piperazine rings is 1. The van der Waals surface area contributed by atoms with Gasteiger partial charge in [0.1, 0.15) is 0 Å². The van der Waals surface area contributed by atoms with E-state index in [0.29, 0.717) is 5.92 Å². The Morgan fingerprint density at radius 2 is 1.75 bits per heavy atom. The second-order valence-corrected chi connectivity index (χ2v) is 5.48. The fourth-order valence-electron chi connectivity index (χ4n) is 2.73. The quantitative estimate of drug-likeness (QED) is 0.707. The van der Waals surface area contributed by atoms with E-state index in [1.165, 1.54) is 0 Å². The van der Waals surface area contributed by atoms with Crippen LogP contribution in [-0.2, 0) is 0 Å². The normalized spacial score (nSPS) is 32.1. The van der Waals surface area contributed by atoms with Crippen molar-refractivity contribution >= 4 is 0 Å². The summed E-state index contributed by atoms with van der Waals surface area (Å²) in [5.41, 5.74) is 0. The van der Waals surface area contributed by atoms with Crippen molar-refractivity contribution in [2.24, 2.45) is 5.92 Å². The lowest BCUT2D eigenvalue weighted by atomic mass is 10.0. The van der Waals surface area contributed by atoms with Crippen LogP contribution in [0.1, 0.15) is 6.42 Å². The summed E-state index contributed by atoms with van der Waals surface area (Å²) in [7, 11) is 4.31. The molecule has 0 aromatic carbocycles. The van der Waals surface area contributed by atoms with Crippen LogP contribution >= 0.6 is 0 Å². The minimum atomic E-state index is -0.131. The van der Waals surface area contributed by atoms with Gasteiger partial charge in [-0.1, -0.05) is 0 Å². The van der Waals surface area contributed by atoms with Crippen LogP contribution in [0.4, 0.5) is 0 Å². The first-order valence-corrected chi connectivity index (χ1v) is 6.42. The molecule has 0 radical (unpaired) electrons. The van der Waals surface area contributed by atoms with Crippen LogP contribution in [0.2, 0.25) is 0 Å². The number of hydrogen-bond donors (Lipinski definition) is 1. The summed E-state index contributed by atoms with van der Waals surface area (Å²) in [6, 6.07) is 0. The van der Waals surface area contributed by atoms with Gasteiger partial charge in [-0.05, 0) is 33.0 Å². The van der Waals surface area contributed by atoms with Crippen LogP contribution in [-0.4, -0.2) is 85.8 Å². The van der Waals surface area contributed by atoms with Gasteiger partial charge >= 0.3 is 0 Å². The first-order valence-electron chi connectivity index (χ1n) is 6.42. The number of β-amino-alcohol motifs (C(OH)–C–C–N with tert-alkyl or cyclic N) is 1. The molecule has 2 aliphatic rings. The second kappa shape index (κ2) is 5.45. The Bertz CT molecular complexity index is 216. The zero-order valence-corrected chi connectivity index (χ0v) is 10.6. The number of rotatable bonds is 3. The Morgan fingerprint density at radius 3 is 2.31 bits per heavy atom. The lowest BCUT2D eigenvalue weighted by Crippen LogP contribution is -2.48. The zero-order chi connectivity index (χ0) is 11.5. The van der Waals surface area contributed by atoms with Crippen LogP contribution < -0.4 is 0 Å². The number of aliphatic hydroxyl groups is 1. The fourth-order valence-corrected chi connectivity index (χ4v) is 2.73. The summed E-state index contributed by atoms with van der Waals surface area (Å²) in [6.07, 6.45) is 1.03. The highest BCUT2D eigenvalue weighted by molar-refractivity contribution is 4.82. The third-order valence-corrected chi connectivity index (χ3v) is 4.01. The van der Waals surface area contributed by atoms with E-state index in [1.807, 2.05) is 0 Å². The van der Waals surface area contributed by atoms with E-state index in [9.17, 15) is 5.11 Å². The number of nitrogens with zero attached hydrogens (tertiary/aromatic N) is 3. The number of aliphatic hydroxyl groups excluding tert-OH is 1. The topological polar surface area (TPSA) is 30.0 Å². The minimum Gasteiger partial charge on any atom is -0.391 e. The van der Waals surface area contributed by atoms with Crippen molar-refractivity contribution in [3.63, 3.8) is 0 Å². The first-order chi connectivity index (χ1) is 7.65. The van der Waals surface area contributed by atoms with Gasteiger partial charge in [0.2, 0.25) is 0 Å². The maximum absolute atomic E-state index is 10.2. The Kier molecular flexibility index (Phi) is 4.19. The van der Waals surface area contributed by atoms with Gasteiger partial charge in [-0.15, -0.1) is 0 Å². The largest absolute Gasteiger partial charge is 0.391 e. The Balaban J connectivity index is 1.72. The molecule has 2 unspecified atom stereocenters. The molecule has 0 amide bonds. The molecule has 94 valence electrons. The molecule has 2 heterocycles. The van der Waals surface area contributed by atoms with Crippen molar-refractivity contribution in [3.05, 3.63) is 0 Å². The van der Waals surface area contributed by atoms with Crippen LogP contribution in [0.15, 0.2) is 0 Å². The number of likely N-dealkylation sites (tertiary alicyclic amines) is 1. The maximum Gasteiger partial charge on any atom is 0.0707 e. The van der Waals surface area contributed by atoms with E-state index < -0.39 is 0 Å². The van der Waals surface area contributed by atoms with Crippen molar-refractivity contribution < 1.29 is 5.11 Å². The Labute approximate surface area is 98.8 Å². The lowest BCUT2D eigenvalue weighted by Gasteiger charge is -2.34. The highest BCUT2D eigenvalue weighted by atomic mass is 16.3. The molecule has 4 nitrogen and oxygen atoms in total. The summed E-state index contributed by atoms with van der Waals surface area (Å²) in [5, 5.41) is 10.2. The van der Waals surface area contributed by atoms with E-state index in [4.69, 9.17) is 0 Å². The summed E-state index contributed by atoms with van der Waals surface area (Å²) in [6.45, 7) is 7.56. The Hall–Kier alpha value is -0.160. The lowest BCUT2D eigenvalue weighted by molar-refractivity contribution is 0.0480. The zero-order valence-electron chi connectivity index (χ0n) is 10.6. The molecule has 4 heteroatoms. The summed E-state index contributed by atoms with van der Waals surface area (Å²) < 4.78 is 0. The van der Waals surface area contributed by atoms with Crippen molar-refractivity contribution in [2.75, 3.05) is 59.9 Å². The first kappa shape index (κ1) is 12.3. The van der Waals surface area contributed by atoms with Crippen LogP contribution in [0, 0.1) is 5.92 Å². The fraction of sp³-hybridized carbons (Fsp3) is 1.00. The van der Waals surface area contributed by atoms with Gasteiger partial charge in [-0.2, -0.15) is 0 Å². The molecular weight excluding hydrogens is 202 g/mol. The third-order valence-electron chi connectivity index (χ3n) is 4.01. The standard InChI is InChI=1S/C12H25N3O/c1-13-5-7-15(8-6-13)10-12(16)11-3-4-14(2)9-11/h11-12,16H,3-10H2,1-2H3. The van der Waals surface area contributed by atoms with Crippen LogP contribution in [0.5, 0.6) is 0 Å². The predicted octanol–water partition coefficient (Wildman–Crippen LogP) is -0.454. The second-order valence-electron chi connectivity index (χ2n) is 5.48. The highest BCUT2D eigenvalue weighted by Gasteiger charge is 2.28. The molecule has 2 saturated heterocycles. The van der Waals surface area contributed by atoms with Gasteiger partial charge < -0.3 is 14.9 Å². The van der Waals surface area contributed by atoms with Gasteiger partial charge in [0, 0.05) is 39.3 Å². The average molecular weight is 227 g/mol. The Morgan fingerprint density at radius 1 is 1.06 bits per heavy atom. The maximum atomic E-state index is 10.2. The molecule has 0 aromatic heterocycles. The molecule has 2 atom stereocenters. The molecule has 0 aromatic rings. The molecule has 0 aliphatic carbocycles. The molecule has 16 heavy (non-hydrogen) atoms. The minimum absolute atomic E-state index is 0.131. The van der Waals surface area contributed by atoms with Crippen molar-refractivity contribution in [1.29, 1.82) is 0 Å². The smallest absolute Gasteiger partial charge is 0.0707 e. The third kappa shape index (κ3) is 3.17. The van der Waals surface area contributed by atoms with E-state index in [1.54, 1.807) is 0 Å². The van der Waals surface area contributed by atoms with Gasteiger partial charge in [-0.25, -0.2) is 0 Å². The number of hydrogen-bond acceptors (Lipinski definition) is 4. The van der Waals surface area contributed by atoms with Gasteiger partial charge in [0.05, 0.1) is 6.10 Å². The monoisotopic (exact) mass is 227 g/mol. The van der Waals surface area contributed by atoms with E-state index in [-0.39, 0.29) is 6.10 Å². The molecule has 2 fully saturated rings. The van der Waals surface area contributed by atoms with E-state index in [2.05, 4.69) is 28.8 Å². The average Bonchev–Trinajstić information content (AvgIpc) is 2.68. The molecule has 0 spiro atoms. The molecule has 2 rings (SSSR count).